The molecule has 0 unspecified atom stereocenters. The second kappa shape index (κ2) is 16.2. The Balaban J connectivity index is 1.72. The number of hydrogen-bond acceptors (Lipinski definition) is 20. The zero-order valence-electron chi connectivity index (χ0n) is 25.3. The van der Waals surface area contributed by atoms with Crippen molar-refractivity contribution in [1.29, 1.82) is 0 Å². The predicted molar refractivity (Wildman–Crippen MR) is 144 cm³/mol. The Kier molecular flexibility index (Phi) is 13.2. The van der Waals surface area contributed by atoms with Crippen LogP contribution in [0.4, 0.5) is 0 Å². The molecule has 0 spiro atoms. The van der Waals surface area contributed by atoms with Gasteiger partial charge in [0.2, 0.25) is 5.91 Å². The summed E-state index contributed by atoms with van der Waals surface area (Å²) in [6.07, 6.45) is -32.6. The molecule has 4 aliphatic heterocycles. The third-order valence-electron chi connectivity index (χ3n) is 8.57. The summed E-state index contributed by atoms with van der Waals surface area (Å²) in [4.78, 5) is 12.5. The molecule has 20 atom stereocenters. The number of rotatable bonds is 10. The zero-order valence-corrected chi connectivity index (χ0v) is 25.3. The van der Waals surface area contributed by atoms with E-state index in [4.69, 9.17) is 33.2 Å². The van der Waals surface area contributed by atoms with Crippen LogP contribution in [0.5, 0.6) is 0 Å². The van der Waals surface area contributed by atoms with Crippen molar-refractivity contribution in [2.45, 2.75) is 137 Å². The highest BCUT2D eigenvalue weighted by molar-refractivity contribution is 5.73. The van der Waals surface area contributed by atoms with Crippen molar-refractivity contribution in [3.63, 3.8) is 0 Å². The van der Waals surface area contributed by atoms with Crippen LogP contribution in [0.1, 0.15) is 13.8 Å². The maximum Gasteiger partial charge on any atom is 0.217 e. The van der Waals surface area contributed by atoms with Gasteiger partial charge in [-0.1, -0.05) is 0 Å². The van der Waals surface area contributed by atoms with Crippen LogP contribution in [0.3, 0.4) is 0 Å². The van der Waals surface area contributed by atoms with E-state index in [2.05, 4.69) is 5.32 Å². The van der Waals surface area contributed by atoms with Gasteiger partial charge in [-0.3, -0.25) is 4.79 Å². The van der Waals surface area contributed by atoms with E-state index in [1.807, 2.05) is 0 Å². The lowest BCUT2D eigenvalue weighted by Gasteiger charge is -2.51. The summed E-state index contributed by atoms with van der Waals surface area (Å²) in [7, 11) is 0. The zero-order chi connectivity index (χ0) is 34.9. The van der Waals surface area contributed by atoms with Gasteiger partial charge in [0, 0.05) is 6.92 Å². The van der Waals surface area contributed by atoms with Crippen LogP contribution in [0.25, 0.3) is 0 Å². The number of hydrogen-bond donors (Lipinski definition) is 13. The second-order valence-corrected chi connectivity index (χ2v) is 11.9. The number of carbonyl (C=O) groups is 1. The van der Waals surface area contributed by atoms with Gasteiger partial charge in [0.25, 0.3) is 0 Å². The smallest absolute Gasteiger partial charge is 0.217 e. The first kappa shape index (κ1) is 38.5. The summed E-state index contributed by atoms with van der Waals surface area (Å²) in [5.74, 6) is -0.765. The molecule has 4 aliphatic rings. The summed E-state index contributed by atoms with van der Waals surface area (Å²) in [5.41, 5.74) is 0. The molecule has 21 nitrogen and oxygen atoms in total. The molecule has 0 bridgehead atoms. The highest BCUT2D eigenvalue weighted by atomic mass is 16.8. The summed E-state index contributed by atoms with van der Waals surface area (Å²) in [5, 5.41) is 126. The molecule has 0 aliphatic carbocycles. The lowest BCUT2D eigenvalue weighted by atomic mass is 9.94. The van der Waals surface area contributed by atoms with Gasteiger partial charge >= 0.3 is 0 Å². The first-order valence-corrected chi connectivity index (χ1v) is 15.0. The van der Waals surface area contributed by atoms with Crippen molar-refractivity contribution in [3.8, 4) is 0 Å². The van der Waals surface area contributed by atoms with E-state index < -0.39 is 148 Å². The first-order chi connectivity index (χ1) is 22.1. The van der Waals surface area contributed by atoms with Crippen molar-refractivity contribution in [2.75, 3.05) is 19.8 Å². The molecule has 13 N–H and O–H groups in total. The summed E-state index contributed by atoms with van der Waals surface area (Å²) in [6.45, 7) is -0.116. The Morgan fingerprint density at radius 3 is 1.60 bits per heavy atom. The Morgan fingerprint density at radius 1 is 0.553 bits per heavy atom. The number of aliphatic hydroxyl groups is 12. The lowest BCUT2D eigenvalue weighted by molar-refractivity contribution is -0.387. The minimum Gasteiger partial charge on any atom is -0.394 e. The van der Waals surface area contributed by atoms with E-state index >= 15 is 0 Å². The Hall–Kier alpha value is -1.29. The molecule has 21 heteroatoms. The van der Waals surface area contributed by atoms with E-state index in [0.717, 1.165) is 6.92 Å². The third kappa shape index (κ3) is 8.04. The Labute approximate surface area is 267 Å². The molecule has 4 heterocycles. The predicted octanol–water partition coefficient (Wildman–Crippen LogP) is -8.58. The highest BCUT2D eigenvalue weighted by Gasteiger charge is 2.56. The van der Waals surface area contributed by atoms with Crippen LogP contribution < -0.4 is 5.32 Å². The average Bonchev–Trinajstić information content (AvgIpc) is 3.04. The number of amides is 1. The molecule has 0 aromatic rings. The molecule has 47 heavy (non-hydrogen) atoms. The van der Waals surface area contributed by atoms with Crippen LogP contribution in [-0.2, 0) is 38.0 Å². The topological polar surface area (TPSA) is 336 Å². The normalized spacial score (nSPS) is 51.0. The van der Waals surface area contributed by atoms with Crippen molar-refractivity contribution in [1.82, 2.24) is 5.32 Å². The minimum absolute atomic E-state index is 0.765. The quantitative estimate of drug-likeness (QED) is 0.101. The van der Waals surface area contributed by atoms with Crippen molar-refractivity contribution < 1.29 is 99.2 Å². The minimum atomic E-state index is -1.99. The molecule has 0 radical (unpaired) electrons. The molecule has 274 valence electrons. The number of aliphatic hydroxyl groups excluding tert-OH is 12. The van der Waals surface area contributed by atoms with Gasteiger partial charge in [0.15, 0.2) is 25.2 Å². The monoisotopic (exact) mass is 691 g/mol. The van der Waals surface area contributed by atoms with Crippen molar-refractivity contribution >= 4 is 5.91 Å². The van der Waals surface area contributed by atoms with E-state index in [1.165, 1.54) is 6.92 Å². The first-order valence-electron chi connectivity index (χ1n) is 15.0. The standard InChI is InChI=1S/C26H45NO20/c1-6-12(32)15(35)18(38)25(41-6)45-20-10(5-30)44-24(47-22-17(37)14(34)8(3-28)42-23(22)40)11(27-7(2)31)21(20)46-26-19(39)16(36)13(33)9(4-29)43-26/h6,8-26,28-30,32-40H,3-5H2,1-2H3,(H,27,31)/t6-,8+,9+,10+,11+,12+,13-,14+,15+,16-,17-,18-,19+,20+,21+,22-,23+,24-,25-,26-/m0/s1. The number of carbonyl (C=O) groups excluding carboxylic acids is 1. The van der Waals surface area contributed by atoms with Gasteiger partial charge in [0.05, 0.1) is 25.9 Å². The molecular weight excluding hydrogens is 646 g/mol. The van der Waals surface area contributed by atoms with Crippen LogP contribution in [0.15, 0.2) is 0 Å². The largest absolute Gasteiger partial charge is 0.394 e. The summed E-state index contributed by atoms with van der Waals surface area (Å²) < 4.78 is 39.6. The Bertz CT molecular complexity index is 1010. The van der Waals surface area contributed by atoms with E-state index in [0.29, 0.717) is 0 Å². The SMILES string of the molecule is CC(=O)N[C@H]1[C@H](O[C@H]2[C@@H](O)[C@H](O)[C@@H](CO)O[C@H]2O)O[C@H](CO)[C@@H](O[C@@H]2O[C@@H](C)[C@@H](O)[C@@H](O)[C@@H]2O)[C@@H]1O[C@@H]1O[C@H](CO)[C@H](O)[C@H](O)[C@H]1O. The van der Waals surface area contributed by atoms with Gasteiger partial charge in [-0.15, -0.1) is 0 Å². The molecule has 4 rings (SSSR count). The number of ether oxygens (including phenoxy) is 7. The van der Waals surface area contributed by atoms with Gasteiger partial charge in [-0.2, -0.15) is 0 Å². The third-order valence-corrected chi connectivity index (χ3v) is 8.57. The fraction of sp³-hybridized carbons (Fsp3) is 0.962. The summed E-state index contributed by atoms with van der Waals surface area (Å²) in [6, 6.07) is -1.62. The maximum absolute atomic E-state index is 12.5. The molecule has 0 aromatic carbocycles. The maximum atomic E-state index is 12.5. The Morgan fingerprint density at radius 2 is 1.02 bits per heavy atom. The fourth-order valence-electron chi connectivity index (χ4n) is 5.87. The van der Waals surface area contributed by atoms with E-state index in [-0.39, 0.29) is 0 Å². The second-order valence-electron chi connectivity index (χ2n) is 11.9. The van der Waals surface area contributed by atoms with Gasteiger partial charge < -0.3 is 99.8 Å². The van der Waals surface area contributed by atoms with Gasteiger partial charge in [-0.05, 0) is 6.92 Å². The van der Waals surface area contributed by atoms with E-state index in [1.54, 1.807) is 0 Å². The summed E-state index contributed by atoms with van der Waals surface area (Å²) >= 11 is 0. The van der Waals surface area contributed by atoms with Crippen LogP contribution in [-0.4, -0.2) is 210 Å². The molecule has 0 aromatic heterocycles. The highest BCUT2D eigenvalue weighted by Crippen LogP contribution is 2.35. The molecule has 4 saturated heterocycles. The lowest BCUT2D eigenvalue weighted by Crippen LogP contribution is -2.71. The van der Waals surface area contributed by atoms with Crippen LogP contribution in [0.2, 0.25) is 0 Å². The molecule has 1 amide bonds. The molecule has 0 saturated carbocycles. The van der Waals surface area contributed by atoms with Gasteiger partial charge in [-0.25, -0.2) is 0 Å². The van der Waals surface area contributed by atoms with Crippen LogP contribution >= 0.6 is 0 Å². The molecule has 4 fully saturated rings. The number of nitrogens with one attached hydrogen (secondary N) is 1. The van der Waals surface area contributed by atoms with Crippen molar-refractivity contribution in [2.24, 2.45) is 0 Å². The molecular formula is C26H45NO20. The average molecular weight is 692 g/mol. The van der Waals surface area contributed by atoms with Gasteiger partial charge in [0.1, 0.15) is 91.5 Å². The van der Waals surface area contributed by atoms with E-state index in [9.17, 15) is 66.1 Å². The van der Waals surface area contributed by atoms with Crippen molar-refractivity contribution in [3.05, 3.63) is 0 Å². The fourth-order valence-corrected chi connectivity index (χ4v) is 5.87. The van der Waals surface area contributed by atoms with Crippen LogP contribution in [0, 0.1) is 0 Å².